The van der Waals surface area contributed by atoms with Crippen LogP contribution in [0.5, 0.6) is 11.5 Å². The first kappa shape index (κ1) is 35.2. The van der Waals surface area contributed by atoms with E-state index in [2.05, 4.69) is 66.8 Å². The molecular formula is C38H42Br2N2O4. The van der Waals surface area contributed by atoms with Crippen molar-refractivity contribution in [1.82, 2.24) is 10.6 Å². The number of halogens is 2. The largest absolute Gasteiger partial charge is 0.492 e. The van der Waals surface area contributed by atoms with Gasteiger partial charge >= 0.3 is 0 Å². The Labute approximate surface area is 289 Å². The maximum absolute atomic E-state index is 12.6. The van der Waals surface area contributed by atoms with Gasteiger partial charge in [0.05, 0.1) is 22.2 Å². The van der Waals surface area contributed by atoms with E-state index in [4.69, 9.17) is 9.47 Å². The molecule has 0 aliphatic carbocycles. The summed E-state index contributed by atoms with van der Waals surface area (Å²) in [5.41, 5.74) is 3.68. The summed E-state index contributed by atoms with van der Waals surface area (Å²) in [7, 11) is 0. The molecule has 0 atom stereocenters. The Morgan fingerprint density at radius 3 is 1.30 bits per heavy atom. The molecule has 4 rings (SSSR count). The van der Waals surface area contributed by atoms with Gasteiger partial charge in [0.25, 0.3) is 11.8 Å². The topological polar surface area (TPSA) is 76.7 Å². The van der Waals surface area contributed by atoms with Crippen LogP contribution in [0.25, 0.3) is 0 Å². The molecule has 0 aliphatic heterocycles. The van der Waals surface area contributed by atoms with Crippen molar-refractivity contribution in [3.05, 3.63) is 128 Å². The van der Waals surface area contributed by atoms with E-state index >= 15 is 0 Å². The number of ether oxygens (including phenoxy) is 2. The minimum Gasteiger partial charge on any atom is -0.492 e. The summed E-state index contributed by atoms with van der Waals surface area (Å²) in [5.74, 6) is 1.30. The lowest BCUT2D eigenvalue weighted by Gasteiger charge is -2.11. The molecule has 0 radical (unpaired) electrons. The molecule has 6 nitrogen and oxygen atoms in total. The van der Waals surface area contributed by atoms with Gasteiger partial charge < -0.3 is 20.1 Å². The highest BCUT2D eigenvalue weighted by Gasteiger charge is 2.11. The van der Waals surface area contributed by atoms with Gasteiger partial charge in [-0.05, 0) is 92.2 Å². The summed E-state index contributed by atoms with van der Waals surface area (Å²) in [5, 5.41) is 6.03. The van der Waals surface area contributed by atoms with Crippen LogP contribution in [0.15, 0.2) is 106 Å². The fourth-order valence-electron chi connectivity index (χ4n) is 4.93. The first-order chi connectivity index (χ1) is 22.5. The maximum Gasteiger partial charge on any atom is 0.251 e. The molecule has 242 valence electrons. The van der Waals surface area contributed by atoms with Crippen LogP contribution in [0, 0.1) is 0 Å². The van der Waals surface area contributed by atoms with Gasteiger partial charge in [-0.15, -0.1) is 0 Å². The predicted molar refractivity (Wildman–Crippen MR) is 192 cm³/mol. The quantitative estimate of drug-likeness (QED) is 0.0940. The SMILES string of the molecule is O=C(NCCCCCCCCNC(=O)c1ccc(OCCc2ccccc2)c(Br)c1)c1ccc(OCCc2ccccc2)c(Br)c1. The van der Waals surface area contributed by atoms with Gasteiger partial charge in [-0.2, -0.15) is 0 Å². The Morgan fingerprint density at radius 1 is 0.522 bits per heavy atom. The van der Waals surface area contributed by atoms with Crippen molar-refractivity contribution < 1.29 is 19.1 Å². The van der Waals surface area contributed by atoms with Crippen LogP contribution in [0.3, 0.4) is 0 Å². The van der Waals surface area contributed by atoms with Crippen LogP contribution < -0.4 is 20.1 Å². The fraction of sp³-hybridized carbons (Fsp3) is 0.316. The van der Waals surface area contributed by atoms with E-state index < -0.39 is 0 Å². The number of carbonyl (C=O) groups excluding carboxylic acids is 2. The van der Waals surface area contributed by atoms with E-state index in [1.165, 1.54) is 11.1 Å². The predicted octanol–water partition coefficient (Wildman–Crippen LogP) is 8.96. The Hall–Kier alpha value is -3.62. The second-order valence-electron chi connectivity index (χ2n) is 11.1. The van der Waals surface area contributed by atoms with Crippen molar-refractivity contribution in [3.63, 3.8) is 0 Å². The Kier molecular flexibility index (Phi) is 15.2. The molecule has 0 unspecified atom stereocenters. The average Bonchev–Trinajstić information content (AvgIpc) is 3.07. The summed E-state index contributed by atoms with van der Waals surface area (Å²) < 4.78 is 13.3. The zero-order valence-corrected chi connectivity index (χ0v) is 29.3. The molecule has 0 fully saturated rings. The zero-order chi connectivity index (χ0) is 32.4. The third-order valence-corrected chi connectivity index (χ3v) is 8.78. The van der Waals surface area contributed by atoms with E-state index in [1.807, 2.05) is 60.7 Å². The first-order valence-electron chi connectivity index (χ1n) is 16.0. The lowest BCUT2D eigenvalue weighted by atomic mass is 10.1. The Balaban J connectivity index is 1.01. The van der Waals surface area contributed by atoms with Crippen molar-refractivity contribution in [2.45, 2.75) is 51.4 Å². The zero-order valence-electron chi connectivity index (χ0n) is 26.1. The molecule has 8 heteroatoms. The number of hydrogen-bond donors (Lipinski definition) is 2. The van der Waals surface area contributed by atoms with Crippen LogP contribution in [0.1, 0.15) is 70.4 Å². The molecule has 46 heavy (non-hydrogen) atoms. The van der Waals surface area contributed by atoms with Crippen molar-refractivity contribution in [2.24, 2.45) is 0 Å². The Morgan fingerprint density at radius 2 is 0.913 bits per heavy atom. The molecule has 0 bridgehead atoms. The minimum atomic E-state index is -0.0791. The lowest BCUT2D eigenvalue weighted by Crippen LogP contribution is -2.24. The molecule has 0 aliphatic rings. The second-order valence-corrected chi connectivity index (χ2v) is 12.8. The van der Waals surface area contributed by atoms with Crippen molar-refractivity contribution >= 4 is 43.7 Å². The number of amides is 2. The minimum absolute atomic E-state index is 0.0791. The van der Waals surface area contributed by atoms with Crippen molar-refractivity contribution in [1.29, 1.82) is 0 Å². The summed E-state index contributed by atoms with van der Waals surface area (Å²) in [4.78, 5) is 25.2. The van der Waals surface area contributed by atoms with Crippen LogP contribution in [-0.2, 0) is 12.8 Å². The monoisotopic (exact) mass is 748 g/mol. The fourth-order valence-corrected chi connectivity index (χ4v) is 5.92. The van der Waals surface area contributed by atoms with E-state index in [0.717, 1.165) is 71.8 Å². The smallest absolute Gasteiger partial charge is 0.251 e. The van der Waals surface area contributed by atoms with E-state index in [9.17, 15) is 9.59 Å². The molecular weight excluding hydrogens is 708 g/mol. The number of carbonyl (C=O) groups is 2. The highest BCUT2D eigenvalue weighted by molar-refractivity contribution is 9.10. The molecule has 2 N–H and O–H groups in total. The van der Waals surface area contributed by atoms with E-state index in [0.29, 0.717) is 37.4 Å². The average molecular weight is 751 g/mol. The van der Waals surface area contributed by atoms with Crippen LogP contribution in [0.2, 0.25) is 0 Å². The number of nitrogens with one attached hydrogen (secondary N) is 2. The van der Waals surface area contributed by atoms with Crippen LogP contribution >= 0.6 is 31.9 Å². The number of unbranched alkanes of at least 4 members (excludes halogenated alkanes) is 5. The lowest BCUT2D eigenvalue weighted by molar-refractivity contribution is 0.0944. The highest BCUT2D eigenvalue weighted by Crippen LogP contribution is 2.27. The molecule has 0 aromatic heterocycles. The van der Waals surface area contributed by atoms with Gasteiger partial charge in [0, 0.05) is 37.1 Å². The van der Waals surface area contributed by atoms with E-state index in [1.54, 1.807) is 12.1 Å². The highest BCUT2D eigenvalue weighted by atomic mass is 79.9. The first-order valence-corrected chi connectivity index (χ1v) is 17.6. The van der Waals surface area contributed by atoms with Crippen molar-refractivity contribution in [2.75, 3.05) is 26.3 Å². The molecule has 0 spiro atoms. The molecule has 0 saturated carbocycles. The number of benzene rings is 4. The summed E-state index contributed by atoms with van der Waals surface area (Å²) >= 11 is 7.07. The number of hydrogen-bond acceptors (Lipinski definition) is 4. The normalized spacial score (nSPS) is 10.7. The van der Waals surface area contributed by atoms with Gasteiger partial charge in [-0.25, -0.2) is 0 Å². The molecule has 2 amide bonds. The third-order valence-electron chi connectivity index (χ3n) is 7.55. The van der Waals surface area contributed by atoms with E-state index in [-0.39, 0.29) is 11.8 Å². The molecule has 0 heterocycles. The van der Waals surface area contributed by atoms with Gasteiger partial charge in [0.2, 0.25) is 0 Å². The number of rotatable bonds is 19. The molecule has 0 saturated heterocycles. The van der Waals surface area contributed by atoms with Crippen LogP contribution in [-0.4, -0.2) is 38.1 Å². The van der Waals surface area contributed by atoms with Gasteiger partial charge in [-0.1, -0.05) is 86.3 Å². The summed E-state index contributed by atoms with van der Waals surface area (Å²) in [6.45, 7) is 2.44. The summed E-state index contributed by atoms with van der Waals surface area (Å²) in [6.07, 6.45) is 7.83. The maximum atomic E-state index is 12.6. The van der Waals surface area contributed by atoms with Gasteiger partial charge in [0.1, 0.15) is 11.5 Å². The summed E-state index contributed by atoms with van der Waals surface area (Å²) in [6, 6.07) is 31.3. The van der Waals surface area contributed by atoms with Gasteiger partial charge in [-0.3, -0.25) is 9.59 Å². The van der Waals surface area contributed by atoms with Gasteiger partial charge in [0.15, 0.2) is 0 Å². The van der Waals surface area contributed by atoms with Crippen molar-refractivity contribution in [3.8, 4) is 11.5 Å². The standard InChI is InChI=1S/C38H42Br2N2O4/c39-33-27-31(17-19-35(33)45-25-21-29-13-7-5-8-14-29)37(43)41-23-11-3-1-2-4-12-24-42-38(44)32-18-20-36(34(40)28-32)46-26-22-30-15-9-6-10-16-30/h5-10,13-20,27-28H,1-4,11-12,21-26H2,(H,41,43)(H,42,44). The second kappa shape index (κ2) is 19.8. The molecule has 4 aromatic carbocycles. The van der Waals surface area contributed by atoms with Crippen LogP contribution in [0.4, 0.5) is 0 Å². The third kappa shape index (κ3) is 12.3. The Bertz CT molecular complexity index is 1400. The molecule has 4 aromatic rings.